The molecule has 0 fully saturated rings. The first-order chi connectivity index (χ1) is 11.9. The standard InChI is InChI=1S/C16H12FN3O3S2/c1-8-14-12(17)4-3-5-13(14)24-16(8)25(21,22)20-10-6-11-9(2)19-23-15(11)18-7-10/h3-7,20H,1-2H3. The number of fused-ring (bicyclic) bond motifs is 2. The number of rotatable bonds is 3. The van der Waals surface area contributed by atoms with Crippen molar-refractivity contribution in [2.45, 2.75) is 18.1 Å². The molecule has 3 heterocycles. The third kappa shape index (κ3) is 2.56. The first kappa shape index (κ1) is 16.0. The Hall–Kier alpha value is -2.52. The van der Waals surface area contributed by atoms with Gasteiger partial charge in [-0.1, -0.05) is 11.2 Å². The number of hydrogen-bond acceptors (Lipinski definition) is 6. The molecule has 0 saturated carbocycles. The normalized spacial score (nSPS) is 12.1. The fourth-order valence-corrected chi connectivity index (χ4v) is 5.50. The summed E-state index contributed by atoms with van der Waals surface area (Å²) in [4.78, 5) is 4.05. The van der Waals surface area contributed by atoms with Gasteiger partial charge in [0.2, 0.25) is 0 Å². The van der Waals surface area contributed by atoms with E-state index in [1.165, 1.54) is 12.3 Å². The fourth-order valence-electron chi connectivity index (χ4n) is 2.69. The second-order valence-corrected chi connectivity index (χ2v) is 8.51. The Kier molecular flexibility index (Phi) is 3.51. The van der Waals surface area contributed by atoms with Crippen molar-refractivity contribution in [2.24, 2.45) is 0 Å². The first-order valence-corrected chi connectivity index (χ1v) is 9.59. The zero-order valence-electron chi connectivity index (χ0n) is 13.2. The van der Waals surface area contributed by atoms with E-state index in [1.807, 2.05) is 0 Å². The van der Waals surface area contributed by atoms with Crippen LogP contribution in [0.1, 0.15) is 11.3 Å². The SMILES string of the molecule is Cc1noc2ncc(NS(=O)(=O)c3sc4cccc(F)c4c3C)cc12. The molecule has 0 atom stereocenters. The molecular formula is C16H12FN3O3S2. The van der Waals surface area contributed by atoms with Crippen LogP contribution in [-0.4, -0.2) is 18.6 Å². The molecule has 0 saturated heterocycles. The number of thiophene rings is 1. The third-order valence-electron chi connectivity index (χ3n) is 3.87. The molecule has 0 spiro atoms. The molecule has 0 unspecified atom stereocenters. The molecule has 3 aromatic heterocycles. The maximum absolute atomic E-state index is 14.0. The molecule has 1 N–H and O–H groups in total. The summed E-state index contributed by atoms with van der Waals surface area (Å²) in [5, 5.41) is 4.74. The molecule has 9 heteroatoms. The van der Waals surface area contributed by atoms with Gasteiger partial charge in [0, 0.05) is 10.1 Å². The van der Waals surface area contributed by atoms with E-state index >= 15 is 0 Å². The lowest BCUT2D eigenvalue weighted by atomic mass is 10.2. The number of anilines is 1. The zero-order chi connectivity index (χ0) is 17.8. The van der Waals surface area contributed by atoms with E-state index in [1.54, 1.807) is 32.0 Å². The van der Waals surface area contributed by atoms with E-state index in [9.17, 15) is 12.8 Å². The van der Waals surface area contributed by atoms with Crippen LogP contribution < -0.4 is 4.72 Å². The molecule has 1 aromatic carbocycles. The number of halogens is 1. The molecule has 0 amide bonds. The topological polar surface area (TPSA) is 85.1 Å². The molecular weight excluding hydrogens is 365 g/mol. The predicted molar refractivity (Wildman–Crippen MR) is 93.9 cm³/mol. The quantitative estimate of drug-likeness (QED) is 0.583. The number of nitrogens with one attached hydrogen (secondary N) is 1. The van der Waals surface area contributed by atoms with Crippen LogP contribution in [0, 0.1) is 19.7 Å². The summed E-state index contributed by atoms with van der Waals surface area (Å²) in [7, 11) is -3.88. The minimum Gasteiger partial charge on any atom is -0.336 e. The van der Waals surface area contributed by atoms with Crippen molar-refractivity contribution >= 4 is 48.2 Å². The summed E-state index contributed by atoms with van der Waals surface area (Å²) in [6.07, 6.45) is 1.35. The Bertz CT molecular complexity index is 1230. The van der Waals surface area contributed by atoms with Gasteiger partial charge in [0.15, 0.2) is 0 Å². The number of sulfonamides is 1. The summed E-state index contributed by atoms with van der Waals surface area (Å²) in [5.74, 6) is -0.434. The molecule has 128 valence electrons. The lowest BCUT2D eigenvalue weighted by Gasteiger charge is -2.07. The summed E-state index contributed by atoms with van der Waals surface area (Å²) >= 11 is 1.03. The van der Waals surface area contributed by atoms with Crippen LogP contribution in [0.15, 0.2) is 39.2 Å². The lowest BCUT2D eigenvalue weighted by Crippen LogP contribution is -2.12. The molecule has 0 bridgehead atoms. The Morgan fingerprint density at radius 1 is 1.28 bits per heavy atom. The predicted octanol–water partition coefficient (Wildman–Crippen LogP) is 3.99. The fraction of sp³-hybridized carbons (Fsp3) is 0.125. The molecule has 4 rings (SSSR count). The van der Waals surface area contributed by atoms with E-state index < -0.39 is 15.8 Å². The monoisotopic (exact) mass is 377 g/mol. The van der Waals surface area contributed by atoms with Gasteiger partial charge in [0.05, 0.1) is 23.0 Å². The van der Waals surface area contributed by atoms with Gasteiger partial charge in [-0.3, -0.25) is 4.72 Å². The van der Waals surface area contributed by atoms with Gasteiger partial charge in [-0.2, -0.15) is 0 Å². The van der Waals surface area contributed by atoms with Gasteiger partial charge >= 0.3 is 0 Å². The van der Waals surface area contributed by atoms with Gasteiger partial charge in [0.25, 0.3) is 15.7 Å². The van der Waals surface area contributed by atoms with Crippen LogP contribution >= 0.6 is 11.3 Å². The maximum atomic E-state index is 14.0. The van der Waals surface area contributed by atoms with Gasteiger partial charge in [-0.25, -0.2) is 17.8 Å². The van der Waals surface area contributed by atoms with Crippen LogP contribution in [0.4, 0.5) is 10.1 Å². The van der Waals surface area contributed by atoms with E-state index in [4.69, 9.17) is 4.52 Å². The van der Waals surface area contributed by atoms with Crippen molar-refractivity contribution in [2.75, 3.05) is 4.72 Å². The van der Waals surface area contributed by atoms with E-state index in [2.05, 4.69) is 14.9 Å². The van der Waals surface area contributed by atoms with Crippen molar-refractivity contribution in [3.8, 4) is 0 Å². The highest BCUT2D eigenvalue weighted by atomic mass is 32.2. The van der Waals surface area contributed by atoms with Crippen molar-refractivity contribution in [3.05, 3.63) is 47.5 Å². The van der Waals surface area contributed by atoms with E-state index in [0.717, 1.165) is 11.3 Å². The van der Waals surface area contributed by atoms with Crippen LogP contribution in [-0.2, 0) is 10.0 Å². The largest absolute Gasteiger partial charge is 0.336 e. The van der Waals surface area contributed by atoms with Gasteiger partial charge in [-0.15, -0.1) is 11.3 Å². The number of aryl methyl sites for hydroxylation is 2. The van der Waals surface area contributed by atoms with Crippen LogP contribution in [0.25, 0.3) is 21.2 Å². The molecule has 0 aliphatic heterocycles. The summed E-state index contributed by atoms with van der Waals surface area (Å²) in [6.45, 7) is 3.34. The van der Waals surface area contributed by atoms with Crippen LogP contribution in [0.5, 0.6) is 0 Å². The van der Waals surface area contributed by atoms with Crippen molar-refractivity contribution in [1.82, 2.24) is 10.1 Å². The van der Waals surface area contributed by atoms with Crippen molar-refractivity contribution in [1.29, 1.82) is 0 Å². The molecule has 0 aliphatic carbocycles. The molecule has 0 radical (unpaired) electrons. The molecule has 0 aliphatic rings. The molecule has 4 aromatic rings. The second-order valence-electron chi connectivity index (χ2n) is 5.58. The Morgan fingerprint density at radius 3 is 2.84 bits per heavy atom. The van der Waals surface area contributed by atoms with E-state index in [0.29, 0.717) is 32.4 Å². The first-order valence-electron chi connectivity index (χ1n) is 7.29. The highest BCUT2D eigenvalue weighted by Crippen LogP contribution is 2.36. The summed E-state index contributed by atoms with van der Waals surface area (Å²) in [6, 6.07) is 6.18. The number of benzene rings is 1. The molecule has 25 heavy (non-hydrogen) atoms. The van der Waals surface area contributed by atoms with Gasteiger partial charge in [0.1, 0.15) is 10.0 Å². The highest BCUT2D eigenvalue weighted by molar-refractivity contribution is 7.94. The average molecular weight is 377 g/mol. The summed E-state index contributed by atoms with van der Waals surface area (Å²) in [5.41, 5.74) is 1.63. The molecule has 6 nitrogen and oxygen atoms in total. The number of nitrogens with zero attached hydrogens (tertiary/aromatic N) is 2. The van der Waals surface area contributed by atoms with Crippen LogP contribution in [0.3, 0.4) is 0 Å². The van der Waals surface area contributed by atoms with Crippen molar-refractivity contribution in [3.63, 3.8) is 0 Å². The third-order valence-corrected chi connectivity index (χ3v) is 7.12. The number of pyridine rings is 1. The smallest absolute Gasteiger partial charge is 0.271 e. The van der Waals surface area contributed by atoms with E-state index in [-0.39, 0.29) is 9.90 Å². The Balaban J connectivity index is 1.80. The maximum Gasteiger partial charge on any atom is 0.271 e. The average Bonchev–Trinajstić information content (AvgIpc) is 3.09. The number of aromatic nitrogens is 2. The minimum atomic E-state index is -3.88. The van der Waals surface area contributed by atoms with Crippen LogP contribution in [0.2, 0.25) is 0 Å². The van der Waals surface area contributed by atoms with Crippen molar-refractivity contribution < 1.29 is 17.3 Å². The highest BCUT2D eigenvalue weighted by Gasteiger charge is 2.23. The minimum absolute atomic E-state index is 0.0785. The summed E-state index contributed by atoms with van der Waals surface area (Å²) < 4.78 is 47.7. The van der Waals surface area contributed by atoms with Gasteiger partial charge < -0.3 is 4.52 Å². The van der Waals surface area contributed by atoms with Gasteiger partial charge in [-0.05, 0) is 37.6 Å². The Labute approximate surface area is 146 Å². The Morgan fingerprint density at radius 2 is 2.08 bits per heavy atom. The second kappa shape index (κ2) is 5.50. The zero-order valence-corrected chi connectivity index (χ0v) is 14.8. The number of hydrogen-bond donors (Lipinski definition) is 1. The lowest BCUT2D eigenvalue weighted by molar-refractivity contribution is 0.443.